The molecule has 88 valence electrons. The SMILES string of the molecule is NC(=O)c1cc2n(n1)C(c1cccs1)CCN2. The van der Waals surface area contributed by atoms with Crippen LogP contribution in [0.4, 0.5) is 5.82 Å². The van der Waals surface area contributed by atoms with Crippen molar-refractivity contribution in [3.8, 4) is 0 Å². The van der Waals surface area contributed by atoms with Gasteiger partial charge < -0.3 is 11.1 Å². The van der Waals surface area contributed by atoms with Crippen LogP contribution in [0.3, 0.4) is 0 Å². The van der Waals surface area contributed by atoms with Crippen LogP contribution < -0.4 is 11.1 Å². The Morgan fingerprint density at radius 2 is 2.53 bits per heavy atom. The predicted octanol–water partition coefficient (Wildman–Crippen LogP) is 1.45. The fraction of sp³-hybridized carbons (Fsp3) is 0.273. The first kappa shape index (κ1) is 10.3. The first-order valence-electron chi connectivity index (χ1n) is 5.42. The molecule has 0 fully saturated rings. The fourth-order valence-corrected chi connectivity index (χ4v) is 2.93. The molecule has 17 heavy (non-hydrogen) atoms. The van der Waals surface area contributed by atoms with E-state index in [2.05, 4.69) is 21.9 Å². The van der Waals surface area contributed by atoms with Gasteiger partial charge in [0.05, 0.1) is 6.04 Å². The molecule has 1 amide bonds. The third-order valence-corrected chi connectivity index (χ3v) is 3.85. The molecular formula is C11H12N4OS. The van der Waals surface area contributed by atoms with Crippen molar-refractivity contribution in [1.29, 1.82) is 0 Å². The van der Waals surface area contributed by atoms with Gasteiger partial charge in [-0.1, -0.05) is 6.07 Å². The first-order chi connectivity index (χ1) is 8.25. The number of carbonyl (C=O) groups is 1. The van der Waals surface area contributed by atoms with Crippen LogP contribution in [0.25, 0.3) is 0 Å². The molecule has 0 bridgehead atoms. The van der Waals surface area contributed by atoms with Crippen molar-refractivity contribution in [2.24, 2.45) is 5.73 Å². The van der Waals surface area contributed by atoms with Gasteiger partial charge in [0.15, 0.2) is 5.69 Å². The maximum Gasteiger partial charge on any atom is 0.269 e. The lowest BCUT2D eigenvalue weighted by molar-refractivity contribution is 0.0994. The number of nitrogens with two attached hydrogens (primary N) is 1. The lowest BCUT2D eigenvalue weighted by atomic mass is 10.1. The highest BCUT2D eigenvalue weighted by atomic mass is 32.1. The van der Waals surface area contributed by atoms with E-state index in [4.69, 9.17) is 5.73 Å². The van der Waals surface area contributed by atoms with E-state index in [0.29, 0.717) is 5.69 Å². The Morgan fingerprint density at radius 1 is 1.65 bits per heavy atom. The molecule has 3 heterocycles. The Balaban J connectivity index is 2.04. The molecule has 0 saturated heterocycles. The molecule has 2 aromatic heterocycles. The van der Waals surface area contributed by atoms with Crippen LogP contribution >= 0.6 is 11.3 Å². The predicted molar refractivity (Wildman–Crippen MR) is 66.3 cm³/mol. The molecule has 0 saturated carbocycles. The number of hydrogen-bond acceptors (Lipinski definition) is 4. The normalized spacial score (nSPS) is 18.5. The van der Waals surface area contributed by atoms with Gasteiger partial charge in [0.25, 0.3) is 5.91 Å². The minimum atomic E-state index is -0.487. The Kier molecular flexibility index (Phi) is 2.36. The van der Waals surface area contributed by atoms with Gasteiger partial charge in [-0.15, -0.1) is 11.3 Å². The second-order valence-corrected chi connectivity index (χ2v) is 4.95. The lowest BCUT2D eigenvalue weighted by Gasteiger charge is -2.24. The lowest BCUT2D eigenvalue weighted by Crippen LogP contribution is -2.24. The molecule has 0 aliphatic carbocycles. The van der Waals surface area contributed by atoms with Gasteiger partial charge >= 0.3 is 0 Å². The van der Waals surface area contributed by atoms with Crippen molar-refractivity contribution in [1.82, 2.24) is 9.78 Å². The summed E-state index contributed by atoms with van der Waals surface area (Å²) in [6.07, 6.45) is 0.966. The van der Waals surface area contributed by atoms with Crippen molar-refractivity contribution in [2.75, 3.05) is 11.9 Å². The van der Waals surface area contributed by atoms with Gasteiger partial charge in [-0.05, 0) is 17.9 Å². The van der Waals surface area contributed by atoms with E-state index < -0.39 is 5.91 Å². The molecule has 5 nitrogen and oxygen atoms in total. The van der Waals surface area contributed by atoms with E-state index >= 15 is 0 Å². The summed E-state index contributed by atoms with van der Waals surface area (Å²) in [7, 11) is 0. The van der Waals surface area contributed by atoms with Crippen molar-refractivity contribution in [3.63, 3.8) is 0 Å². The van der Waals surface area contributed by atoms with Crippen molar-refractivity contribution in [2.45, 2.75) is 12.5 Å². The smallest absolute Gasteiger partial charge is 0.269 e. The summed E-state index contributed by atoms with van der Waals surface area (Å²) in [6, 6.07) is 6.04. The number of fused-ring (bicyclic) bond motifs is 1. The van der Waals surface area contributed by atoms with Crippen LogP contribution in [-0.2, 0) is 0 Å². The zero-order valence-electron chi connectivity index (χ0n) is 9.09. The van der Waals surface area contributed by atoms with E-state index in [-0.39, 0.29) is 6.04 Å². The molecule has 2 aromatic rings. The molecule has 1 aliphatic heterocycles. The molecule has 1 aliphatic rings. The molecule has 0 aromatic carbocycles. The molecule has 3 N–H and O–H groups in total. The summed E-state index contributed by atoms with van der Waals surface area (Å²) >= 11 is 1.71. The summed E-state index contributed by atoms with van der Waals surface area (Å²) in [5.41, 5.74) is 5.57. The summed E-state index contributed by atoms with van der Waals surface area (Å²) < 4.78 is 1.86. The molecule has 0 radical (unpaired) electrons. The van der Waals surface area contributed by atoms with Crippen LogP contribution in [0.5, 0.6) is 0 Å². The maximum atomic E-state index is 11.1. The summed E-state index contributed by atoms with van der Waals surface area (Å²) in [4.78, 5) is 12.4. The number of aromatic nitrogens is 2. The average Bonchev–Trinajstić information content (AvgIpc) is 2.97. The quantitative estimate of drug-likeness (QED) is 0.844. The highest BCUT2D eigenvalue weighted by molar-refractivity contribution is 7.10. The Labute approximate surface area is 102 Å². The number of nitrogens with one attached hydrogen (secondary N) is 1. The molecule has 3 rings (SSSR count). The van der Waals surface area contributed by atoms with Crippen LogP contribution in [0.15, 0.2) is 23.6 Å². The number of anilines is 1. The zero-order chi connectivity index (χ0) is 11.8. The molecular weight excluding hydrogens is 236 g/mol. The first-order valence-corrected chi connectivity index (χ1v) is 6.30. The summed E-state index contributed by atoms with van der Waals surface area (Å²) in [5, 5.41) is 9.55. The summed E-state index contributed by atoms with van der Waals surface area (Å²) in [6.45, 7) is 0.881. The Bertz CT molecular complexity index is 546. The monoisotopic (exact) mass is 248 g/mol. The van der Waals surface area contributed by atoms with E-state index in [1.165, 1.54) is 4.88 Å². The van der Waals surface area contributed by atoms with E-state index in [1.54, 1.807) is 17.4 Å². The van der Waals surface area contributed by atoms with Crippen molar-refractivity contribution in [3.05, 3.63) is 34.2 Å². The second-order valence-electron chi connectivity index (χ2n) is 3.97. The molecule has 6 heteroatoms. The molecule has 1 unspecified atom stereocenters. The number of rotatable bonds is 2. The molecule has 1 atom stereocenters. The standard InChI is InChI=1S/C11H12N4OS/c12-11(16)7-6-10-13-4-3-8(15(10)14-7)9-2-1-5-17-9/h1-2,5-6,8,13H,3-4H2,(H2,12,16). The Hall–Kier alpha value is -1.82. The largest absolute Gasteiger partial charge is 0.370 e. The number of carbonyl (C=O) groups excluding carboxylic acids is 1. The van der Waals surface area contributed by atoms with Crippen LogP contribution in [-0.4, -0.2) is 22.2 Å². The number of hydrogen-bond donors (Lipinski definition) is 2. The number of primary amides is 1. The van der Waals surface area contributed by atoms with Crippen LogP contribution in [0.2, 0.25) is 0 Å². The zero-order valence-corrected chi connectivity index (χ0v) is 9.91. The van der Waals surface area contributed by atoms with Gasteiger partial charge in [0, 0.05) is 17.5 Å². The topological polar surface area (TPSA) is 72.9 Å². The second kappa shape index (κ2) is 3.89. The fourth-order valence-electron chi connectivity index (χ4n) is 2.09. The molecule has 0 spiro atoms. The number of nitrogens with zero attached hydrogens (tertiary/aromatic N) is 2. The summed E-state index contributed by atoms with van der Waals surface area (Å²) in [5.74, 6) is 0.377. The van der Waals surface area contributed by atoms with E-state index in [1.807, 2.05) is 10.7 Å². The van der Waals surface area contributed by atoms with Gasteiger partial charge in [-0.2, -0.15) is 5.10 Å². The van der Waals surface area contributed by atoms with E-state index in [9.17, 15) is 4.79 Å². The third kappa shape index (κ3) is 1.70. The van der Waals surface area contributed by atoms with Crippen LogP contribution in [0, 0.1) is 0 Å². The number of thiophene rings is 1. The highest BCUT2D eigenvalue weighted by Crippen LogP contribution is 2.32. The van der Waals surface area contributed by atoms with Crippen molar-refractivity contribution < 1.29 is 4.79 Å². The minimum Gasteiger partial charge on any atom is -0.370 e. The number of amides is 1. The van der Waals surface area contributed by atoms with Crippen LogP contribution in [0.1, 0.15) is 27.8 Å². The van der Waals surface area contributed by atoms with Crippen molar-refractivity contribution >= 4 is 23.1 Å². The van der Waals surface area contributed by atoms with E-state index in [0.717, 1.165) is 18.8 Å². The Morgan fingerprint density at radius 3 is 3.24 bits per heavy atom. The maximum absolute atomic E-state index is 11.1. The average molecular weight is 248 g/mol. The van der Waals surface area contributed by atoms with Gasteiger partial charge in [0.2, 0.25) is 0 Å². The minimum absolute atomic E-state index is 0.208. The van der Waals surface area contributed by atoms with Gasteiger partial charge in [0.1, 0.15) is 5.82 Å². The van der Waals surface area contributed by atoms with Gasteiger partial charge in [-0.3, -0.25) is 4.79 Å². The third-order valence-electron chi connectivity index (χ3n) is 2.88. The highest BCUT2D eigenvalue weighted by Gasteiger charge is 2.24. The van der Waals surface area contributed by atoms with Gasteiger partial charge in [-0.25, -0.2) is 4.68 Å².